The maximum Gasteiger partial charge on any atom is 0.156 e. The third-order valence-corrected chi connectivity index (χ3v) is 2.68. The summed E-state index contributed by atoms with van der Waals surface area (Å²) in [6.07, 6.45) is 0. The van der Waals surface area contributed by atoms with Crippen molar-refractivity contribution in [3.8, 4) is 0 Å². The van der Waals surface area contributed by atoms with Crippen LogP contribution < -0.4 is 5.73 Å². The van der Waals surface area contributed by atoms with Crippen molar-refractivity contribution in [3.05, 3.63) is 11.6 Å². The van der Waals surface area contributed by atoms with Crippen LogP contribution in [0.15, 0.2) is 0 Å². The van der Waals surface area contributed by atoms with Crippen LogP contribution in [-0.4, -0.2) is 14.8 Å². The van der Waals surface area contributed by atoms with Crippen LogP contribution >= 0.6 is 0 Å². The van der Waals surface area contributed by atoms with Crippen molar-refractivity contribution >= 4 is 0 Å². The minimum Gasteiger partial charge on any atom is -0.321 e. The van der Waals surface area contributed by atoms with Gasteiger partial charge in [0, 0.05) is 12.5 Å². The number of aromatic nitrogens is 3. The van der Waals surface area contributed by atoms with E-state index in [4.69, 9.17) is 5.73 Å². The Hall–Kier alpha value is -0.900. The molecule has 2 N–H and O–H groups in total. The van der Waals surface area contributed by atoms with E-state index in [-0.39, 0.29) is 16.9 Å². The zero-order chi connectivity index (χ0) is 12.7. The topological polar surface area (TPSA) is 56.7 Å². The van der Waals surface area contributed by atoms with Crippen LogP contribution in [0.4, 0.5) is 0 Å². The molecule has 92 valence electrons. The molecule has 1 unspecified atom stereocenters. The Bertz CT molecular complexity index is 365. The largest absolute Gasteiger partial charge is 0.321 e. The van der Waals surface area contributed by atoms with Gasteiger partial charge in [0.05, 0.1) is 6.04 Å². The molecule has 0 aliphatic carbocycles. The van der Waals surface area contributed by atoms with E-state index in [0.29, 0.717) is 0 Å². The van der Waals surface area contributed by atoms with Gasteiger partial charge in [-0.05, 0) is 5.41 Å². The number of nitrogens with zero attached hydrogens (tertiary/aromatic N) is 3. The molecule has 0 fully saturated rings. The highest BCUT2D eigenvalue weighted by molar-refractivity contribution is 5.07. The molecule has 0 bridgehead atoms. The van der Waals surface area contributed by atoms with Crippen LogP contribution in [0, 0.1) is 5.41 Å². The van der Waals surface area contributed by atoms with Gasteiger partial charge in [-0.25, -0.2) is 4.98 Å². The van der Waals surface area contributed by atoms with E-state index in [1.165, 1.54) is 0 Å². The Morgan fingerprint density at radius 3 is 1.94 bits per heavy atom. The Balaban J connectivity index is 3.13. The Morgan fingerprint density at radius 1 is 1.12 bits per heavy atom. The third-order valence-electron chi connectivity index (χ3n) is 2.68. The summed E-state index contributed by atoms with van der Waals surface area (Å²) in [4.78, 5) is 4.57. The van der Waals surface area contributed by atoms with E-state index in [1.54, 1.807) is 4.68 Å². The molecule has 4 heteroatoms. The third kappa shape index (κ3) is 2.61. The second-order valence-corrected chi connectivity index (χ2v) is 6.51. The molecule has 1 heterocycles. The van der Waals surface area contributed by atoms with Crippen molar-refractivity contribution in [1.82, 2.24) is 14.8 Å². The van der Waals surface area contributed by atoms with Gasteiger partial charge in [-0.3, -0.25) is 4.68 Å². The molecule has 4 nitrogen and oxygen atoms in total. The van der Waals surface area contributed by atoms with Gasteiger partial charge in [-0.2, -0.15) is 5.10 Å². The molecule has 0 aliphatic heterocycles. The number of hydrogen-bond donors (Lipinski definition) is 1. The zero-order valence-electron chi connectivity index (χ0n) is 11.5. The molecule has 1 atom stereocenters. The Morgan fingerprint density at radius 2 is 1.62 bits per heavy atom. The number of nitrogens with two attached hydrogens (primary N) is 1. The molecule has 0 saturated heterocycles. The van der Waals surface area contributed by atoms with Crippen molar-refractivity contribution in [2.45, 2.75) is 53.0 Å². The van der Waals surface area contributed by atoms with Crippen LogP contribution in [-0.2, 0) is 12.5 Å². The molecular weight excluding hydrogens is 200 g/mol. The molecule has 0 saturated carbocycles. The van der Waals surface area contributed by atoms with Crippen LogP contribution in [0.2, 0.25) is 0 Å². The molecule has 0 amide bonds. The maximum absolute atomic E-state index is 6.21. The highest BCUT2D eigenvalue weighted by Crippen LogP contribution is 2.30. The standard InChI is InChI=1S/C12H24N4/c1-11(2,3)8(13)9-14-10(12(4,5)6)15-16(9)7/h8H,13H2,1-7H3. The fourth-order valence-electron chi connectivity index (χ4n) is 1.37. The van der Waals surface area contributed by atoms with E-state index < -0.39 is 0 Å². The predicted octanol–water partition coefficient (Wildman–Crippen LogP) is 2.16. The van der Waals surface area contributed by atoms with Gasteiger partial charge >= 0.3 is 0 Å². The van der Waals surface area contributed by atoms with Crippen LogP contribution in [0.5, 0.6) is 0 Å². The second kappa shape index (κ2) is 3.84. The lowest BCUT2D eigenvalue weighted by atomic mass is 9.87. The molecule has 1 aromatic rings. The quantitative estimate of drug-likeness (QED) is 0.795. The smallest absolute Gasteiger partial charge is 0.156 e. The monoisotopic (exact) mass is 224 g/mol. The highest BCUT2D eigenvalue weighted by Gasteiger charge is 2.29. The summed E-state index contributed by atoms with van der Waals surface area (Å²) < 4.78 is 1.80. The zero-order valence-corrected chi connectivity index (χ0v) is 11.5. The van der Waals surface area contributed by atoms with E-state index in [1.807, 2.05) is 7.05 Å². The Labute approximate surface area is 98.2 Å². The highest BCUT2D eigenvalue weighted by atomic mass is 15.3. The van der Waals surface area contributed by atoms with Gasteiger partial charge in [0.1, 0.15) is 5.82 Å². The summed E-state index contributed by atoms with van der Waals surface area (Å²) in [7, 11) is 1.91. The normalized spacial score (nSPS) is 15.2. The summed E-state index contributed by atoms with van der Waals surface area (Å²) >= 11 is 0. The van der Waals surface area contributed by atoms with Crippen molar-refractivity contribution in [2.75, 3.05) is 0 Å². The molecule has 1 rings (SSSR count). The van der Waals surface area contributed by atoms with Crippen molar-refractivity contribution in [1.29, 1.82) is 0 Å². The van der Waals surface area contributed by atoms with Gasteiger partial charge in [0.15, 0.2) is 5.82 Å². The molecule has 16 heavy (non-hydrogen) atoms. The minimum atomic E-state index is -0.0962. The van der Waals surface area contributed by atoms with Gasteiger partial charge < -0.3 is 5.73 Å². The van der Waals surface area contributed by atoms with Crippen molar-refractivity contribution in [2.24, 2.45) is 18.2 Å². The summed E-state index contributed by atoms with van der Waals surface area (Å²) in [6.45, 7) is 12.7. The molecule has 1 aromatic heterocycles. The molecule has 0 spiro atoms. The lowest BCUT2D eigenvalue weighted by Gasteiger charge is -2.25. The lowest BCUT2D eigenvalue weighted by molar-refractivity contribution is 0.308. The first-order chi connectivity index (χ1) is 7.03. The number of rotatable bonds is 1. The molecular formula is C12H24N4. The van der Waals surface area contributed by atoms with Crippen molar-refractivity contribution < 1.29 is 0 Å². The molecule has 0 radical (unpaired) electrons. The van der Waals surface area contributed by atoms with E-state index >= 15 is 0 Å². The molecule has 0 aromatic carbocycles. The summed E-state index contributed by atoms with van der Waals surface area (Å²) in [6, 6.07) is -0.0962. The van der Waals surface area contributed by atoms with Gasteiger partial charge in [-0.15, -0.1) is 0 Å². The van der Waals surface area contributed by atoms with E-state index in [0.717, 1.165) is 11.6 Å². The van der Waals surface area contributed by atoms with E-state index in [2.05, 4.69) is 51.6 Å². The average molecular weight is 224 g/mol. The SMILES string of the molecule is Cn1nc(C(C)(C)C)nc1C(N)C(C)(C)C. The summed E-state index contributed by atoms with van der Waals surface area (Å²) in [5, 5.41) is 4.44. The predicted molar refractivity (Wildman–Crippen MR) is 66.1 cm³/mol. The first-order valence-electron chi connectivity index (χ1n) is 5.70. The van der Waals surface area contributed by atoms with Crippen LogP contribution in [0.1, 0.15) is 59.2 Å². The Kier molecular flexibility index (Phi) is 3.16. The van der Waals surface area contributed by atoms with Crippen molar-refractivity contribution in [3.63, 3.8) is 0 Å². The average Bonchev–Trinajstić information content (AvgIpc) is 2.43. The lowest BCUT2D eigenvalue weighted by Crippen LogP contribution is -2.29. The summed E-state index contributed by atoms with van der Waals surface area (Å²) in [5.74, 6) is 1.71. The van der Waals surface area contributed by atoms with Gasteiger partial charge in [0.25, 0.3) is 0 Å². The summed E-state index contributed by atoms with van der Waals surface area (Å²) in [5.41, 5.74) is 6.17. The van der Waals surface area contributed by atoms with E-state index in [9.17, 15) is 0 Å². The first-order valence-corrected chi connectivity index (χ1v) is 5.70. The van der Waals surface area contributed by atoms with Gasteiger partial charge in [0.2, 0.25) is 0 Å². The molecule has 0 aliphatic rings. The maximum atomic E-state index is 6.21. The van der Waals surface area contributed by atoms with Gasteiger partial charge in [-0.1, -0.05) is 41.5 Å². The first kappa shape index (κ1) is 13.2. The fraction of sp³-hybridized carbons (Fsp3) is 0.833. The second-order valence-electron chi connectivity index (χ2n) is 6.51. The number of hydrogen-bond acceptors (Lipinski definition) is 3. The number of aryl methyl sites for hydroxylation is 1. The fourth-order valence-corrected chi connectivity index (χ4v) is 1.37. The minimum absolute atomic E-state index is 0.00402. The van der Waals surface area contributed by atoms with Crippen LogP contribution in [0.3, 0.4) is 0 Å². The van der Waals surface area contributed by atoms with Crippen LogP contribution in [0.25, 0.3) is 0 Å².